The number of fused-ring (bicyclic) bond motifs is 1. The molecule has 6 nitrogen and oxygen atoms in total. The number of esters is 2. The Balaban J connectivity index is 2.41. The molecule has 0 amide bonds. The van der Waals surface area contributed by atoms with Gasteiger partial charge in [-0.05, 0) is 36.5 Å². The summed E-state index contributed by atoms with van der Waals surface area (Å²) < 4.78 is 11.1. The predicted octanol–water partition coefficient (Wildman–Crippen LogP) is 2.27. The van der Waals surface area contributed by atoms with E-state index >= 15 is 0 Å². The fourth-order valence-electron chi connectivity index (χ4n) is 3.16. The Hall–Kier alpha value is -2.21. The molecule has 0 radical (unpaired) electrons. The first-order valence-electron chi connectivity index (χ1n) is 8.96. The van der Waals surface area contributed by atoms with Crippen LogP contribution < -0.4 is 0 Å². The van der Waals surface area contributed by atoms with E-state index in [-0.39, 0.29) is 30.5 Å². The lowest BCUT2D eigenvalue weighted by Gasteiger charge is -2.28. The molecule has 1 aliphatic carbocycles. The third-order valence-corrected chi connectivity index (χ3v) is 5.01. The Labute approximate surface area is 153 Å². The summed E-state index contributed by atoms with van der Waals surface area (Å²) in [6.07, 6.45) is 4.78. The summed E-state index contributed by atoms with van der Waals surface area (Å²) in [6, 6.07) is 0. The van der Waals surface area contributed by atoms with Gasteiger partial charge in [-0.3, -0.25) is 9.59 Å². The minimum atomic E-state index is -0.730. The number of rotatable bonds is 5. The molecule has 0 saturated carbocycles. The smallest absolute Gasteiger partial charge is 0.334 e. The van der Waals surface area contributed by atoms with Crippen LogP contribution in [0.5, 0.6) is 0 Å². The minimum absolute atomic E-state index is 0.172. The monoisotopic (exact) mass is 362 g/mol. The Kier molecular flexibility index (Phi) is 6.91. The quantitative estimate of drug-likeness (QED) is 0.349. The van der Waals surface area contributed by atoms with Crippen LogP contribution in [0.3, 0.4) is 0 Å². The topological polar surface area (TPSA) is 89.9 Å². The zero-order chi connectivity index (χ0) is 19.3. The Bertz CT molecular complexity index is 645. The lowest BCUT2D eigenvalue weighted by atomic mass is 9.85. The molecule has 1 fully saturated rings. The van der Waals surface area contributed by atoms with Crippen LogP contribution >= 0.6 is 0 Å². The van der Waals surface area contributed by atoms with Gasteiger partial charge in [-0.15, -0.1) is 0 Å². The van der Waals surface area contributed by atoms with Crippen molar-refractivity contribution in [3.05, 3.63) is 35.5 Å². The molecule has 1 N–H and O–H groups in total. The third kappa shape index (κ3) is 4.49. The SMILES string of the molecule is C=C1C(=O)O[C@@H]2/C=C(\CO)CC/C=C(/C=O)C[C@@H](OC(=O)[C@H](C)CC)[C@@H]12. The summed E-state index contributed by atoms with van der Waals surface area (Å²) in [5.74, 6) is -1.80. The van der Waals surface area contributed by atoms with Gasteiger partial charge in [0.2, 0.25) is 0 Å². The van der Waals surface area contributed by atoms with Crippen molar-refractivity contribution < 1.29 is 29.0 Å². The molecule has 6 heteroatoms. The summed E-state index contributed by atoms with van der Waals surface area (Å²) in [5.41, 5.74) is 1.42. The highest BCUT2D eigenvalue weighted by molar-refractivity contribution is 5.91. The van der Waals surface area contributed by atoms with Crippen molar-refractivity contribution in [2.75, 3.05) is 6.61 Å². The number of ether oxygens (including phenoxy) is 2. The van der Waals surface area contributed by atoms with Crippen LogP contribution in [0.25, 0.3) is 0 Å². The number of allylic oxidation sites excluding steroid dienone is 1. The van der Waals surface area contributed by atoms with Crippen LogP contribution in [0.15, 0.2) is 35.5 Å². The maximum Gasteiger partial charge on any atom is 0.334 e. The Morgan fingerprint density at radius 1 is 1.54 bits per heavy atom. The number of aldehydes is 1. The number of carbonyl (C=O) groups is 3. The van der Waals surface area contributed by atoms with Crippen molar-refractivity contribution >= 4 is 18.2 Å². The largest absolute Gasteiger partial charge is 0.461 e. The molecule has 4 atom stereocenters. The van der Waals surface area contributed by atoms with E-state index in [1.165, 1.54) is 0 Å². The zero-order valence-electron chi connectivity index (χ0n) is 15.3. The molecule has 2 rings (SSSR count). The molecule has 0 unspecified atom stereocenters. The number of aliphatic hydroxyl groups is 1. The maximum atomic E-state index is 12.3. The molecule has 0 bridgehead atoms. The Morgan fingerprint density at radius 3 is 2.88 bits per heavy atom. The molecule has 0 aromatic carbocycles. The summed E-state index contributed by atoms with van der Waals surface area (Å²) in [5, 5.41) is 9.55. The summed E-state index contributed by atoms with van der Waals surface area (Å²) >= 11 is 0. The van der Waals surface area contributed by atoms with Crippen LogP contribution in [-0.4, -0.2) is 42.1 Å². The van der Waals surface area contributed by atoms with E-state index in [0.29, 0.717) is 30.4 Å². The van der Waals surface area contributed by atoms with Crippen molar-refractivity contribution in [3.8, 4) is 0 Å². The van der Waals surface area contributed by atoms with Crippen molar-refractivity contribution in [2.24, 2.45) is 11.8 Å². The summed E-state index contributed by atoms with van der Waals surface area (Å²) in [4.78, 5) is 35.9. The van der Waals surface area contributed by atoms with E-state index in [1.807, 2.05) is 6.92 Å². The predicted molar refractivity (Wildman–Crippen MR) is 95.0 cm³/mol. The standard InChI is InChI=1S/C20H26O6/c1-4-12(2)19(23)25-16-8-14(10-21)6-5-7-15(11-22)9-17-18(16)13(3)20(24)26-17/h6,9-10,12,16-18,22H,3-5,7-8,11H2,1-2H3/b14-6+,15-9-/t12-,16-,17-,18-/m1/s1. The minimum Gasteiger partial charge on any atom is -0.461 e. The van der Waals surface area contributed by atoms with Crippen LogP contribution in [0.4, 0.5) is 0 Å². The molecule has 1 saturated heterocycles. The van der Waals surface area contributed by atoms with Crippen molar-refractivity contribution in [2.45, 2.75) is 51.7 Å². The van der Waals surface area contributed by atoms with Crippen molar-refractivity contribution in [1.82, 2.24) is 0 Å². The highest BCUT2D eigenvalue weighted by Crippen LogP contribution is 2.36. The van der Waals surface area contributed by atoms with Crippen LogP contribution in [0.2, 0.25) is 0 Å². The molecule has 1 aliphatic heterocycles. The van der Waals surface area contributed by atoms with Gasteiger partial charge in [0, 0.05) is 12.0 Å². The fourth-order valence-corrected chi connectivity index (χ4v) is 3.16. The summed E-state index contributed by atoms with van der Waals surface area (Å²) in [6.45, 7) is 7.29. The molecule has 0 aromatic heterocycles. The molecular formula is C20H26O6. The number of carbonyl (C=O) groups excluding carboxylic acids is 3. The van der Waals surface area contributed by atoms with E-state index in [2.05, 4.69) is 6.58 Å². The number of hydrogen-bond donors (Lipinski definition) is 1. The highest BCUT2D eigenvalue weighted by atomic mass is 16.6. The first-order valence-corrected chi connectivity index (χ1v) is 8.96. The first kappa shape index (κ1) is 20.1. The van der Waals surface area contributed by atoms with Gasteiger partial charge in [-0.1, -0.05) is 26.5 Å². The molecule has 26 heavy (non-hydrogen) atoms. The Morgan fingerprint density at radius 2 is 2.27 bits per heavy atom. The van der Waals surface area contributed by atoms with E-state index in [0.717, 1.165) is 6.29 Å². The normalized spacial score (nSPS) is 31.6. The average molecular weight is 362 g/mol. The second kappa shape index (κ2) is 8.94. The van der Waals surface area contributed by atoms with Gasteiger partial charge >= 0.3 is 11.9 Å². The van der Waals surface area contributed by atoms with Gasteiger partial charge in [0.25, 0.3) is 0 Å². The van der Waals surface area contributed by atoms with E-state index in [9.17, 15) is 19.5 Å². The van der Waals surface area contributed by atoms with E-state index in [1.54, 1.807) is 19.1 Å². The van der Waals surface area contributed by atoms with Crippen LogP contribution in [-0.2, 0) is 23.9 Å². The van der Waals surface area contributed by atoms with E-state index in [4.69, 9.17) is 9.47 Å². The zero-order valence-corrected chi connectivity index (χ0v) is 15.3. The van der Waals surface area contributed by atoms with Gasteiger partial charge in [0.1, 0.15) is 18.5 Å². The fraction of sp³-hybridized carbons (Fsp3) is 0.550. The number of aliphatic hydroxyl groups excluding tert-OH is 1. The molecular weight excluding hydrogens is 336 g/mol. The second-order valence-corrected chi connectivity index (χ2v) is 6.83. The number of hydrogen-bond acceptors (Lipinski definition) is 6. The van der Waals surface area contributed by atoms with Crippen LogP contribution in [0.1, 0.15) is 39.5 Å². The highest BCUT2D eigenvalue weighted by Gasteiger charge is 2.44. The van der Waals surface area contributed by atoms with Gasteiger partial charge in [-0.25, -0.2) is 4.79 Å². The molecule has 2 aliphatic rings. The average Bonchev–Trinajstić information content (AvgIpc) is 2.91. The molecule has 0 spiro atoms. The first-order chi connectivity index (χ1) is 12.4. The van der Waals surface area contributed by atoms with Gasteiger partial charge in [0.15, 0.2) is 0 Å². The third-order valence-electron chi connectivity index (χ3n) is 5.01. The van der Waals surface area contributed by atoms with Gasteiger partial charge in [0.05, 0.1) is 18.4 Å². The van der Waals surface area contributed by atoms with Gasteiger partial charge < -0.3 is 14.6 Å². The van der Waals surface area contributed by atoms with E-state index < -0.39 is 24.1 Å². The molecule has 0 aromatic rings. The van der Waals surface area contributed by atoms with Crippen molar-refractivity contribution in [3.63, 3.8) is 0 Å². The summed E-state index contributed by atoms with van der Waals surface area (Å²) in [7, 11) is 0. The van der Waals surface area contributed by atoms with Crippen molar-refractivity contribution in [1.29, 1.82) is 0 Å². The lowest BCUT2D eigenvalue weighted by Crippen LogP contribution is -2.35. The lowest BCUT2D eigenvalue weighted by molar-refractivity contribution is -0.156. The maximum absolute atomic E-state index is 12.3. The van der Waals surface area contributed by atoms with Gasteiger partial charge in [-0.2, -0.15) is 0 Å². The molecule has 142 valence electrons. The van der Waals surface area contributed by atoms with Crippen LogP contribution in [0, 0.1) is 11.8 Å². The second-order valence-electron chi connectivity index (χ2n) is 6.83. The molecule has 1 heterocycles.